The standard InChI is InChI=1S/C3H3S/c1-2-3-4/h1-3H. The van der Waals surface area contributed by atoms with Crippen molar-refractivity contribution in [2.75, 3.05) is 0 Å². The topological polar surface area (TPSA) is 0 Å². The molecular weight excluding hydrogens is 68.1 g/mol. The third-order valence-electron chi connectivity index (χ3n) is 0.0786. The van der Waals surface area contributed by atoms with Crippen LogP contribution in [0.2, 0.25) is 0 Å². The van der Waals surface area contributed by atoms with Gasteiger partial charge in [0.15, 0.2) is 0 Å². The van der Waals surface area contributed by atoms with Crippen LogP contribution in [0.25, 0.3) is 0 Å². The summed E-state index contributed by atoms with van der Waals surface area (Å²) < 4.78 is 0. The molecule has 0 fully saturated rings. The van der Waals surface area contributed by atoms with E-state index in [4.69, 9.17) is 6.58 Å². The maximum Gasteiger partial charge on any atom is 0.00135 e. The van der Waals surface area contributed by atoms with E-state index in [1.54, 1.807) is 0 Å². The molecule has 0 atom stereocenters. The molecule has 0 aromatic rings. The minimum absolute atomic E-state index is 1.31. The van der Waals surface area contributed by atoms with Gasteiger partial charge < -0.3 is 0 Å². The van der Waals surface area contributed by atoms with Crippen molar-refractivity contribution in [3.8, 4) is 0 Å². The largest absolute Gasteiger partial charge is 0.0887 e. The normalized spacial score (nSPS) is 5.00. The Kier molecular flexibility index (Phi) is 2.71. The van der Waals surface area contributed by atoms with Gasteiger partial charge in [-0.05, 0) is 0 Å². The molecule has 0 bridgehead atoms. The molecular formula is C3H3S. The first-order valence-electron chi connectivity index (χ1n) is 0.902. The van der Waals surface area contributed by atoms with Gasteiger partial charge in [0.05, 0.1) is 0 Å². The summed E-state index contributed by atoms with van der Waals surface area (Å²) in [4.78, 5) is 0. The molecule has 0 aromatic heterocycles. The monoisotopic (exact) mass is 71.0 g/mol. The zero-order chi connectivity index (χ0) is 3.41. The molecule has 0 rings (SSSR count). The van der Waals surface area contributed by atoms with Gasteiger partial charge in [-0.3, -0.25) is 0 Å². The number of allylic oxidation sites excluding steroid dienone is 1. The van der Waals surface area contributed by atoms with Crippen LogP contribution in [0, 0.1) is 6.58 Å². The Bertz CT molecular complexity index is 24.3. The van der Waals surface area contributed by atoms with E-state index in [9.17, 15) is 0 Å². The van der Waals surface area contributed by atoms with Gasteiger partial charge >= 0.3 is 0 Å². The van der Waals surface area contributed by atoms with Crippen LogP contribution in [-0.2, 0) is 0 Å². The summed E-state index contributed by atoms with van der Waals surface area (Å²) in [7, 11) is 0. The molecule has 0 saturated carbocycles. The van der Waals surface area contributed by atoms with E-state index in [0.29, 0.717) is 0 Å². The van der Waals surface area contributed by atoms with E-state index in [0.717, 1.165) is 0 Å². The summed E-state index contributed by atoms with van der Waals surface area (Å²) in [5.41, 5.74) is 0. The first-order chi connectivity index (χ1) is 1.91. The van der Waals surface area contributed by atoms with Crippen molar-refractivity contribution in [2.45, 2.75) is 0 Å². The van der Waals surface area contributed by atoms with Gasteiger partial charge in [0.1, 0.15) is 0 Å². The second-order valence-corrected chi connectivity index (χ2v) is 0.601. The fourth-order valence-corrected chi connectivity index (χ4v) is 0. The number of rotatable bonds is 1. The molecule has 0 aliphatic heterocycles. The third-order valence-corrected chi connectivity index (χ3v) is 0.236. The summed E-state index contributed by atoms with van der Waals surface area (Å²) in [6.45, 7) is 4.74. The number of thiocarbonyl (C=S) groups is 1. The van der Waals surface area contributed by atoms with Crippen molar-refractivity contribution in [3.63, 3.8) is 0 Å². The summed E-state index contributed by atoms with van der Waals surface area (Å²) in [5.74, 6) is 0. The summed E-state index contributed by atoms with van der Waals surface area (Å²) in [6, 6.07) is 0. The molecule has 4 heavy (non-hydrogen) atoms. The molecule has 0 amide bonds. The van der Waals surface area contributed by atoms with Crippen molar-refractivity contribution in [2.24, 2.45) is 0 Å². The predicted molar refractivity (Wildman–Crippen MR) is 22.5 cm³/mol. The fourth-order valence-electron chi connectivity index (χ4n) is 0. The predicted octanol–water partition coefficient (Wildman–Crippen LogP) is 0.975. The van der Waals surface area contributed by atoms with E-state index in [1.807, 2.05) is 0 Å². The Balaban J connectivity index is 2.73. The van der Waals surface area contributed by atoms with Crippen LogP contribution >= 0.6 is 12.2 Å². The van der Waals surface area contributed by atoms with E-state index < -0.39 is 0 Å². The number of hydrogen-bond acceptors (Lipinski definition) is 1. The van der Waals surface area contributed by atoms with Gasteiger partial charge in [0.25, 0.3) is 0 Å². The van der Waals surface area contributed by atoms with Gasteiger partial charge in [0, 0.05) is 5.37 Å². The van der Waals surface area contributed by atoms with Gasteiger partial charge in [0.2, 0.25) is 0 Å². The zero-order valence-electron chi connectivity index (χ0n) is 2.14. The second-order valence-electron chi connectivity index (χ2n) is 0.329. The minimum atomic E-state index is 1.31. The Morgan fingerprint density at radius 3 is 2.00 bits per heavy atom. The Hall–Kier alpha value is -0.170. The maximum atomic E-state index is 4.74. The maximum absolute atomic E-state index is 4.74. The molecule has 0 spiro atoms. The minimum Gasteiger partial charge on any atom is -0.0887 e. The highest BCUT2D eigenvalue weighted by atomic mass is 32.1. The quantitative estimate of drug-likeness (QED) is 0.328. The molecule has 0 aliphatic carbocycles. The molecule has 1 heteroatoms. The highest BCUT2D eigenvalue weighted by Crippen LogP contribution is 1.44. The van der Waals surface area contributed by atoms with Crippen molar-refractivity contribution in [1.29, 1.82) is 0 Å². The SMILES string of the molecule is [CH]=CC=S. The molecule has 0 N–H and O–H groups in total. The molecule has 1 radical (unpaired) electrons. The van der Waals surface area contributed by atoms with E-state index in [1.165, 1.54) is 11.4 Å². The van der Waals surface area contributed by atoms with E-state index in [2.05, 4.69) is 12.2 Å². The molecule has 0 aliphatic rings. The lowest BCUT2D eigenvalue weighted by Gasteiger charge is -1.40. The summed E-state index contributed by atoms with van der Waals surface area (Å²) >= 11 is 4.25. The zero-order valence-corrected chi connectivity index (χ0v) is 2.96. The van der Waals surface area contributed by atoms with Crippen LogP contribution in [0.1, 0.15) is 0 Å². The van der Waals surface area contributed by atoms with Gasteiger partial charge in [-0.25, -0.2) is 0 Å². The highest BCUT2D eigenvalue weighted by Gasteiger charge is 1.33. The van der Waals surface area contributed by atoms with Crippen molar-refractivity contribution in [3.05, 3.63) is 12.7 Å². The van der Waals surface area contributed by atoms with E-state index >= 15 is 0 Å². The van der Waals surface area contributed by atoms with Crippen LogP contribution in [0.15, 0.2) is 6.08 Å². The van der Waals surface area contributed by atoms with Crippen LogP contribution in [0.5, 0.6) is 0 Å². The smallest absolute Gasteiger partial charge is 0.00135 e. The Morgan fingerprint density at radius 2 is 2.00 bits per heavy atom. The molecule has 0 unspecified atom stereocenters. The van der Waals surface area contributed by atoms with Gasteiger partial charge in [-0.1, -0.05) is 24.9 Å². The lowest BCUT2D eigenvalue weighted by atomic mass is 10.8. The first kappa shape index (κ1) is 3.83. The molecule has 0 aromatic carbocycles. The molecule has 0 heterocycles. The summed E-state index contributed by atoms with van der Waals surface area (Å²) in [6.07, 6.45) is 1.31. The van der Waals surface area contributed by atoms with Gasteiger partial charge in [-0.15, -0.1) is 0 Å². The Morgan fingerprint density at radius 1 is 1.75 bits per heavy atom. The van der Waals surface area contributed by atoms with Crippen LogP contribution < -0.4 is 0 Å². The second kappa shape index (κ2) is 2.83. The van der Waals surface area contributed by atoms with Crippen molar-refractivity contribution >= 4 is 17.6 Å². The van der Waals surface area contributed by atoms with E-state index in [-0.39, 0.29) is 0 Å². The molecule has 0 nitrogen and oxygen atoms in total. The van der Waals surface area contributed by atoms with Crippen molar-refractivity contribution < 1.29 is 0 Å². The molecule has 21 valence electrons. The highest BCUT2D eigenvalue weighted by molar-refractivity contribution is 7.79. The Labute approximate surface area is 31.1 Å². The average molecular weight is 71.1 g/mol. The lowest BCUT2D eigenvalue weighted by Crippen LogP contribution is -1.37. The average Bonchev–Trinajstić information content (AvgIpc) is 1.37. The number of hydrogen-bond donors (Lipinski definition) is 0. The lowest BCUT2D eigenvalue weighted by molar-refractivity contribution is 2.46. The first-order valence-corrected chi connectivity index (χ1v) is 1.37. The van der Waals surface area contributed by atoms with Crippen LogP contribution in [0.3, 0.4) is 0 Å². The van der Waals surface area contributed by atoms with Crippen molar-refractivity contribution in [1.82, 2.24) is 0 Å². The van der Waals surface area contributed by atoms with Gasteiger partial charge in [-0.2, -0.15) is 0 Å². The van der Waals surface area contributed by atoms with Crippen LogP contribution in [-0.4, -0.2) is 5.37 Å². The van der Waals surface area contributed by atoms with Crippen LogP contribution in [0.4, 0.5) is 0 Å². The fraction of sp³-hybridized carbons (Fsp3) is 0. The molecule has 0 saturated heterocycles. The summed E-state index contributed by atoms with van der Waals surface area (Å²) in [5, 5.41) is 1.36. The third kappa shape index (κ3) is 1.83.